The highest BCUT2D eigenvalue weighted by Gasteiger charge is 2.23. The van der Waals surface area contributed by atoms with Crippen molar-refractivity contribution in [3.8, 4) is 0 Å². The number of para-hydroxylation sites is 1. The van der Waals surface area contributed by atoms with Crippen LogP contribution in [0.3, 0.4) is 0 Å². The van der Waals surface area contributed by atoms with Crippen LogP contribution >= 0.6 is 0 Å². The Morgan fingerprint density at radius 1 is 1.16 bits per heavy atom. The van der Waals surface area contributed by atoms with Crippen molar-refractivity contribution in [1.29, 1.82) is 0 Å². The molecule has 0 unspecified atom stereocenters. The molecular weight excluding hydrogens is 336 g/mol. The SMILES string of the molecule is C[C@@H](CNC(=O)c1ccc(S(C)(=O)=O)cc1)N1CCc2ccccc21. The molecule has 1 N–H and O–H groups in total. The average molecular weight is 358 g/mol. The Morgan fingerprint density at radius 2 is 1.84 bits per heavy atom. The summed E-state index contributed by atoms with van der Waals surface area (Å²) in [5.74, 6) is -0.195. The van der Waals surface area contributed by atoms with E-state index in [0.29, 0.717) is 12.1 Å². The first kappa shape index (κ1) is 17.5. The van der Waals surface area contributed by atoms with Crippen LogP contribution in [0, 0.1) is 0 Å². The van der Waals surface area contributed by atoms with E-state index in [9.17, 15) is 13.2 Å². The molecule has 0 fully saturated rings. The molecule has 0 saturated carbocycles. The monoisotopic (exact) mass is 358 g/mol. The number of carbonyl (C=O) groups excluding carboxylic acids is 1. The highest BCUT2D eigenvalue weighted by atomic mass is 32.2. The lowest BCUT2D eigenvalue weighted by Gasteiger charge is -2.27. The fraction of sp³-hybridized carbons (Fsp3) is 0.316. The molecule has 1 heterocycles. The molecular formula is C19H22N2O3S. The smallest absolute Gasteiger partial charge is 0.251 e. The third-order valence-corrected chi connectivity index (χ3v) is 5.69. The van der Waals surface area contributed by atoms with Gasteiger partial charge in [-0.3, -0.25) is 4.79 Å². The Bertz CT molecular complexity index is 876. The zero-order chi connectivity index (χ0) is 18.0. The van der Waals surface area contributed by atoms with Crippen LogP contribution in [0.5, 0.6) is 0 Å². The molecule has 132 valence electrons. The van der Waals surface area contributed by atoms with E-state index in [4.69, 9.17) is 0 Å². The quantitative estimate of drug-likeness (QED) is 0.890. The minimum absolute atomic E-state index is 0.183. The second kappa shape index (κ2) is 6.88. The summed E-state index contributed by atoms with van der Waals surface area (Å²) in [5.41, 5.74) is 3.04. The van der Waals surface area contributed by atoms with E-state index in [2.05, 4.69) is 35.3 Å². The Kier molecular flexibility index (Phi) is 4.81. The van der Waals surface area contributed by atoms with Crippen molar-refractivity contribution >= 4 is 21.4 Å². The molecule has 0 radical (unpaired) electrons. The Hall–Kier alpha value is -2.34. The molecule has 2 aromatic carbocycles. The molecule has 3 rings (SSSR count). The summed E-state index contributed by atoms with van der Waals surface area (Å²) < 4.78 is 22.9. The summed E-state index contributed by atoms with van der Waals surface area (Å²) in [6, 6.07) is 14.5. The minimum atomic E-state index is -3.25. The maximum absolute atomic E-state index is 12.3. The fourth-order valence-electron chi connectivity index (χ4n) is 3.13. The van der Waals surface area contributed by atoms with Crippen molar-refractivity contribution in [3.63, 3.8) is 0 Å². The number of anilines is 1. The molecule has 1 atom stereocenters. The summed E-state index contributed by atoms with van der Waals surface area (Å²) in [6.07, 6.45) is 2.18. The molecule has 0 spiro atoms. The first-order valence-corrected chi connectivity index (χ1v) is 10.2. The van der Waals surface area contributed by atoms with E-state index in [1.165, 1.54) is 23.4 Å². The Balaban J connectivity index is 1.61. The molecule has 0 aromatic heterocycles. The molecule has 1 aliphatic rings. The van der Waals surface area contributed by atoms with Crippen molar-refractivity contribution in [2.24, 2.45) is 0 Å². The summed E-state index contributed by atoms with van der Waals surface area (Å²) >= 11 is 0. The Labute approximate surface area is 148 Å². The van der Waals surface area contributed by atoms with E-state index in [1.807, 2.05) is 6.07 Å². The number of sulfone groups is 1. The normalized spacial score (nSPS) is 14.9. The third-order valence-electron chi connectivity index (χ3n) is 4.56. The molecule has 25 heavy (non-hydrogen) atoms. The molecule has 1 amide bonds. The predicted octanol–water partition coefficient (Wildman–Crippen LogP) is 2.27. The summed E-state index contributed by atoms with van der Waals surface area (Å²) in [5, 5.41) is 2.93. The number of hydrogen-bond donors (Lipinski definition) is 1. The molecule has 0 aliphatic carbocycles. The number of nitrogens with zero attached hydrogens (tertiary/aromatic N) is 1. The Morgan fingerprint density at radius 3 is 2.52 bits per heavy atom. The van der Waals surface area contributed by atoms with Crippen molar-refractivity contribution in [2.75, 3.05) is 24.2 Å². The first-order valence-electron chi connectivity index (χ1n) is 8.29. The molecule has 6 heteroatoms. The topological polar surface area (TPSA) is 66.5 Å². The van der Waals surface area contributed by atoms with Crippen LogP contribution in [-0.2, 0) is 16.3 Å². The number of hydrogen-bond acceptors (Lipinski definition) is 4. The first-order chi connectivity index (χ1) is 11.9. The van der Waals surface area contributed by atoms with Gasteiger partial charge in [0.25, 0.3) is 5.91 Å². The number of rotatable bonds is 5. The number of benzene rings is 2. The van der Waals surface area contributed by atoms with Gasteiger partial charge in [0.2, 0.25) is 0 Å². The lowest BCUT2D eigenvalue weighted by Crippen LogP contribution is -2.41. The van der Waals surface area contributed by atoms with Crippen LogP contribution in [0.15, 0.2) is 53.4 Å². The van der Waals surface area contributed by atoms with E-state index in [-0.39, 0.29) is 16.8 Å². The zero-order valence-electron chi connectivity index (χ0n) is 14.4. The second-order valence-corrected chi connectivity index (χ2v) is 8.44. The maximum atomic E-state index is 12.3. The van der Waals surface area contributed by atoms with Gasteiger partial charge in [-0.2, -0.15) is 0 Å². The van der Waals surface area contributed by atoms with Crippen LogP contribution in [0.2, 0.25) is 0 Å². The van der Waals surface area contributed by atoms with E-state index >= 15 is 0 Å². The standard InChI is InChI=1S/C19H22N2O3S/c1-14(21-12-11-15-5-3-4-6-18(15)21)13-20-19(22)16-7-9-17(10-8-16)25(2,23)24/h3-10,14H,11-13H2,1-2H3,(H,20,22)/t14-/m0/s1. The van der Waals surface area contributed by atoms with Gasteiger partial charge in [-0.15, -0.1) is 0 Å². The minimum Gasteiger partial charge on any atom is -0.366 e. The second-order valence-electron chi connectivity index (χ2n) is 6.43. The van der Waals surface area contributed by atoms with Crippen LogP contribution < -0.4 is 10.2 Å². The molecule has 2 aromatic rings. The summed E-state index contributed by atoms with van der Waals surface area (Å²) in [6.45, 7) is 3.58. The van der Waals surface area contributed by atoms with Gasteiger partial charge in [0.15, 0.2) is 9.84 Å². The molecule has 0 bridgehead atoms. The highest BCUT2D eigenvalue weighted by Crippen LogP contribution is 2.28. The van der Waals surface area contributed by atoms with Gasteiger partial charge in [0.1, 0.15) is 0 Å². The van der Waals surface area contributed by atoms with E-state index in [1.54, 1.807) is 12.1 Å². The van der Waals surface area contributed by atoms with Crippen LogP contribution in [0.1, 0.15) is 22.8 Å². The van der Waals surface area contributed by atoms with Crippen molar-refractivity contribution in [3.05, 3.63) is 59.7 Å². The fourth-order valence-corrected chi connectivity index (χ4v) is 3.76. The number of nitrogens with one attached hydrogen (secondary N) is 1. The largest absolute Gasteiger partial charge is 0.366 e. The molecule has 0 saturated heterocycles. The average Bonchev–Trinajstić information content (AvgIpc) is 3.03. The van der Waals surface area contributed by atoms with E-state index < -0.39 is 9.84 Å². The lowest BCUT2D eigenvalue weighted by molar-refractivity contribution is 0.0951. The zero-order valence-corrected chi connectivity index (χ0v) is 15.2. The predicted molar refractivity (Wildman–Crippen MR) is 98.8 cm³/mol. The third kappa shape index (κ3) is 3.85. The summed E-state index contributed by atoms with van der Waals surface area (Å²) in [4.78, 5) is 14.8. The van der Waals surface area contributed by atoms with Crippen LogP contribution in [-0.4, -0.2) is 39.7 Å². The lowest BCUT2D eigenvalue weighted by atomic mass is 10.1. The van der Waals surface area contributed by atoms with Crippen LogP contribution in [0.25, 0.3) is 0 Å². The van der Waals surface area contributed by atoms with Crippen LogP contribution in [0.4, 0.5) is 5.69 Å². The van der Waals surface area contributed by atoms with Gasteiger partial charge < -0.3 is 10.2 Å². The summed E-state index contributed by atoms with van der Waals surface area (Å²) in [7, 11) is -3.25. The van der Waals surface area contributed by atoms with Gasteiger partial charge in [0, 0.05) is 36.6 Å². The van der Waals surface area contributed by atoms with Gasteiger partial charge in [0.05, 0.1) is 4.90 Å². The van der Waals surface area contributed by atoms with Gasteiger partial charge in [-0.25, -0.2) is 8.42 Å². The molecule has 1 aliphatic heterocycles. The number of fused-ring (bicyclic) bond motifs is 1. The number of amides is 1. The van der Waals surface area contributed by atoms with Gasteiger partial charge in [-0.1, -0.05) is 18.2 Å². The van der Waals surface area contributed by atoms with Crippen molar-refractivity contribution in [2.45, 2.75) is 24.3 Å². The van der Waals surface area contributed by atoms with Gasteiger partial charge in [-0.05, 0) is 49.2 Å². The van der Waals surface area contributed by atoms with E-state index in [0.717, 1.165) is 19.2 Å². The maximum Gasteiger partial charge on any atom is 0.251 e. The number of carbonyl (C=O) groups is 1. The van der Waals surface area contributed by atoms with Crippen molar-refractivity contribution in [1.82, 2.24) is 5.32 Å². The highest BCUT2D eigenvalue weighted by molar-refractivity contribution is 7.90. The molecule has 5 nitrogen and oxygen atoms in total. The van der Waals surface area contributed by atoms with Gasteiger partial charge >= 0.3 is 0 Å². The van der Waals surface area contributed by atoms with Crippen molar-refractivity contribution < 1.29 is 13.2 Å².